The Kier molecular flexibility index (Phi) is 3.72. The number of aliphatic hydroxyl groups excluding tert-OH is 1. The monoisotopic (exact) mass is 304 g/mol. The molecule has 108 valence electrons. The van der Waals surface area contributed by atoms with Gasteiger partial charge in [-0.1, -0.05) is 30.0 Å². The van der Waals surface area contributed by atoms with E-state index in [1.54, 1.807) is 0 Å². The number of H-pyrrole nitrogens is 1. The van der Waals surface area contributed by atoms with Crippen molar-refractivity contribution in [2.75, 3.05) is 6.61 Å². The quantitative estimate of drug-likeness (QED) is 0.756. The van der Waals surface area contributed by atoms with E-state index in [0.29, 0.717) is 12.1 Å². The SMILES string of the molecule is O=C1N=C(N=Nc2c(O)[nH]c3ccccc23)SC1CCO. The molecular formula is C13H12N4O3S. The molecule has 1 aromatic carbocycles. The van der Waals surface area contributed by atoms with Crippen molar-refractivity contribution in [3.05, 3.63) is 24.3 Å². The van der Waals surface area contributed by atoms with Crippen LogP contribution in [0.4, 0.5) is 5.69 Å². The van der Waals surface area contributed by atoms with Crippen molar-refractivity contribution in [1.29, 1.82) is 0 Å². The van der Waals surface area contributed by atoms with E-state index in [2.05, 4.69) is 20.2 Å². The van der Waals surface area contributed by atoms with E-state index < -0.39 is 5.25 Å². The molecule has 2 heterocycles. The van der Waals surface area contributed by atoms with Crippen molar-refractivity contribution in [3.63, 3.8) is 0 Å². The average molecular weight is 304 g/mol. The normalized spacial score (nSPS) is 18.8. The molecule has 1 aliphatic rings. The number of carbonyl (C=O) groups is 1. The van der Waals surface area contributed by atoms with Gasteiger partial charge in [-0.05, 0) is 12.5 Å². The molecule has 0 saturated carbocycles. The summed E-state index contributed by atoms with van der Waals surface area (Å²) in [6.07, 6.45) is 0.338. The zero-order valence-electron chi connectivity index (χ0n) is 10.9. The van der Waals surface area contributed by atoms with Crippen LogP contribution >= 0.6 is 11.8 Å². The highest BCUT2D eigenvalue weighted by Crippen LogP contribution is 2.36. The van der Waals surface area contributed by atoms with Crippen molar-refractivity contribution >= 4 is 39.4 Å². The first-order valence-corrected chi connectivity index (χ1v) is 7.18. The van der Waals surface area contributed by atoms with Crippen molar-refractivity contribution in [3.8, 4) is 5.88 Å². The Bertz CT molecular complexity index is 753. The average Bonchev–Trinajstić information content (AvgIpc) is 2.97. The number of rotatable bonds is 3. The Hall–Kier alpha value is -2.19. The number of carbonyl (C=O) groups excluding carboxylic acids is 1. The second-order valence-electron chi connectivity index (χ2n) is 4.42. The lowest BCUT2D eigenvalue weighted by atomic mass is 10.2. The molecule has 1 amide bonds. The fourth-order valence-electron chi connectivity index (χ4n) is 2.02. The van der Waals surface area contributed by atoms with Gasteiger partial charge in [0.2, 0.25) is 11.0 Å². The summed E-state index contributed by atoms with van der Waals surface area (Å²) in [5.41, 5.74) is 1.06. The van der Waals surface area contributed by atoms with Crippen LogP contribution in [0, 0.1) is 0 Å². The first-order valence-electron chi connectivity index (χ1n) is 6.30. The zero-order valence-corrected chi connectivity index (χ0v) is 11.7. The number of hydrogen-bond acceptors (Lipinski definition) is 6. The molecule has 0 saturated heterocycles. The first-order chi connectivity index (χ1) is 10.2. The highest BCUT2D eigenvalue weighted by atomic mass is 32.2. The van der Waals surface area contributed by atoms with Gasteiger partial charge in [-0.25, -0.2) is 0 Å². The third kappa shape index (κ3) is 2.67. The van der Waals surface area contributed by atoms with Crippen LogP contribution in [0.25, 0.3) is 10.9 Å². The van der Waals surface area contributed by atoms with Gasteiger partial charge in [-0.3, -0.25) is 4.79 Å². The van der Waals surface area contributed by atoms with Crippen LogP contribution in [0.1, 0.15) is 6.42 Å². The summed E-state index contributed by atoms with van der Waals surface area (Å²) in [7, 11) is 0. The fraction of sp³-hybridized carbons (Fsp3) is 0.231. The first kappa shape index (κ1) is 13.8. The Labute approximate surface area is 123 Å². The molecule has 21 heavy (non-hydrogen) atoms. The van der Waals surface area contributed by atoms with Crippen LogP contribution in [0.15, 0.2) is 39.5 Å². The Morgan fingerprint density at radius 1 is 1.33 bits per heavy atom. The van der Waals surface area contributed by atoms with Gasteiger partial charge < -0.3 is 15.2 Å². The van der Waals surface area contributed by atoms with Crippen molar-refractivity contribution in [2.24, 2.45) is 15.2 Å². The van der Waals surface area contributed by atoms with Gasteiger partial charge in [0.15, 0.2) is 5.69 Å². The lowest BCUT2D eigenvalue weighted by Crippen LogP contribution is -2.11. The van der Waals surface area contributed by atoms with Gasteiger partial charge in [0.25, 0.3) is 5.91 Å². The lowest BCUT2D eigenvalue weighted by molar-refractivity contribution is -0.117. The number of aromatic nitrogens is 1. The number of nitrogens with zero attached hydrogens (tertiary/aromatic N) is 3. The molecule has 7 nitrogen and oxygen atoms in total. The maximum atomic E-state index is 11.5. The Morgan fingerprint density at radius 3 is 2.95 bits per heavy atom. The smallest absolute Gasteiger partial charge is 0.261 e. The number of fused-ring (bicyclic) bond motifs is 1. The second-order valence-corrected chi connectivity index (χ2v) is 5.59. The number of azo groups is 1. The molecule has 3 rings (SSSR count). The summed E-state index contributed by atoms with van der Waals surface area (Å²) in [6, 6.07) is 7.30. The van der Waals surface area contributed by atoms with Gasteiger partial charge >= 0.3 is 0 Å². The van der Waals surface area contributed by atoms with E-state index in [1.165, 1.54) is 0 Å². The summed E-state index contributed by atoms with van der Waals surface area (Å²) in [6.45, 7) is -0.0768. The van der Waals surface area contributed by atoms with E-state index in [1.807, 2.05) is 24.3 Å². The Balaban J connectivity index is 1.84. The predicted molar refractivity (Wildman–Crippen MR) is 80.0 cm³/mol. The van der Waals surface area contributed by atoms with Gasteiger partial charge in [0.05, 0.1) is 10.8 Å². The molecule has 0 spiro atoms. The highest BCUT2D eigenvalue weighted by Gasteiger charge is 2.28. The molecule has 2 aromatic rings. The second kappa shape index (κ2) is 5.66. The number of thioether (sulfide) groups is 1. The third-order valence-electron chi connectivity index (χ3n) is 3.02. The van der Waals surface area contributed by atoms with E-state index in [4.69, 9.17) is 5.11 Å². The number of amides is 1. The number of nitrogens with one attached hydrogen (secondary N) is 1. The third-order valence-corrected chi connectivity index (χ3v) is 4.12. The molecule has 0 fully saturated rings. The van der Waals surface area contributed by atoms with E-state index in [-0.39, 0.29) is 23.6 Å². The maximum absolute atomic E-state index is 11.5. The highest BCUT2D eigenvalue weighted by molar-refractivity contribution is 8.15. The minimum absolute atomic E-state index is 0.0768. The number of hydrogen-bond donors (Lipinski definition) is 3. The summed E-state index contributed by atoms with van der Waals surface area (Å²) < 4.78 is 0. The predicted octanol–water partition coefficient (Wildman–Crippen LogP) is 2.34. The molecule has 3 N–H and O–H groups in total. The van der Waals surface area contributed by atoms with Gasteiger partial charge in [0, 0.05) is 12.0 Å². The molecule has 0 bridgehead atoms. The summed E-state index contributed by atoms with van der Waals surface area (Å²) in [4.78, 5) is 18.1. The molecular weight excluding hydrogens is 292 g/mol. The molecule has 1 atom stereocenters. The van der Waals surface area contributed by atoms with E-state index in [0.717, 1.165) is 22.7 Å². The number of aromatic amines is 1. The van der Waals surface area contributed by atoms with Crippen molar-refractivity contribution in [1.82, 2.24) is 4.98 Å². The standard InChI is InChI=1S/C13H12N4O3S/c18-6-5-9-11(19)15-13(21-9)17-16-10-7-3-1-2-4-8(7)14-12(10)20/h1-4,9,14,18,20H,5-6H2. The molecule has 1 aromatic heterocycles. The largest absolute Gasteiger partial charge is 0.493 e. The molecule has 8 heteroatoms. The van der Waals surface area contributed by atoms with Gasteiger partial charge in [-0.15, -0.1) is 10.2 Å². The summed E-state index contributed by atoms with van der Waals surface area (Å²) >= 11 is 1.16. The zero-order chi connectivity index (χ0) is 14.8. The summed E-state index contributed by atoms with van der Waals surface area (Å²) in [5, 5.41) is 27.2. The van der Waals surface area contributed by atoms with E-state index >= 15 is 0 Å². The number of aliphatic hydroxyl groups is 1. The fourth-order valence-corrected chi connectivity index (χ4v) is 2.88. The number of benzene rings is 1. The topological polar surface area (TPSA) is 110 Å². The number of aliphatic imine (C=N–C) groups is 1. The van der Waals surface area contributed by atoms with E-state index in [9.17, 15) is 9.90 Å². The molecule has 1 unspecified atom stereocenters. The molecule has 0 radical (unpaired) electrons. The maximum Gasteiger partial charge on any atom is 0.261 e. The van der Waals surface area contributed by atoms with Crippen LogP contribution < -0.4 is 0 Å². The molecule has 1 aliphatic heterocycles. The van der Waals surface area contributed by atoms with Crippen LogP contribution in [-0.4, -0.2) is 38.1 Å². The lowest BCUT2D eigenvalue weighted by Gasteiger charge is -2.00. The molecule has 0 aliphatic carbocycles. The minimum atomic E-state index is -0.402. The van der Waals surface area contributed by atoms with Gasteiger partial charge in [0.1, 0.15) is 0 Å². The number of aromatic hydroxyl groups is 1. The van der Waals surface area contributed by atoms with Crippen LogP contribution in [-0.2, 0) is 4.79 Å². The van der Waals surface area contributed by atoms with Gasteiger partial charge in [-0.2, -0.15) is 4.99 Å². The van der Waals surface area contributed by atoms with Crippen LogP contribution in [0.2, 0.25) is 0 Å². The van der Waals surface area contributed by atoms with Crippen molar-refractivity contribution in [2.45, 2.75) is 11.7 Å². The van der Waals surface area contributed by atoms with Crippen LogP contribution in [0.3, 0.4) is 0 Å². The number of para-hydroxylation sites is 1. The Morgan fingerprint density at radius 2 is 2.14 bits per heavy atom. The summed E-state index contributed by atoms with van der Waals surface area (Å²) in [5.74, 6) is -0.395. The van der Waals surface area contributed by atoms with Crippen molar-refractivity contribution < 1.29 is 15.0 Å². The number of amidine groups is 1. The van der Waals surface area contributed by atoms with Crippen LogP contribution in [0.5, 0.6) is 5.88 Å². The minimum Gasteiger partial charge on any atom is -0.493 e.